The quantitative estimate of drug-likeness (QED) is 0.327. The van der Waals surface area contributed by atoms with Crippen molar-refractivity contribution in [2.45, 2.75) is 178 Å². The van der Waals surface area contributed by atoms with Crippen molar-refractivity contribution in [2.75, 3.05) is 0 Å². The third-order valence-corrected chi connectivity index (χ3v) is 24.0. The number of hydrogen-bond donors (Lipinski definition) is 0. The number of rotatable bonds is 6. The molecule has 0 N–H and O–H groups in total. The Balaban J connectivity index is 0.801. The van der Waals surface area contributed by atoms with Crippen molar-refractivity contribution < 1.29 is 18.9 Å². The summed E-state index contributed by atoms with van der Waals surface area (Å²) in [4.78, 5) is 13.6. The normalized spacial score (nSPS) is 47.8. The van der Waals surface area contributed by atoms with Crippen LogP contribution >= 0.6 is 0 Å². The van der Waals surface area contributed by atoms with Crippen LogP contribution in [-0.4, -0.2) is 96.0 Å². The maximum atomic E-state index is 13.6. The molecule has 0 aromatic heterocycles. The molecular formula is C33H54Ga2N2O5. The minimum absolute atomic E-state index is 0.246. The Morgan fingerprint density at radius 3 is 1.43 bits per heavy atom. The first-order chi connectivity index (χ1) is 20.5. The molecule has 0 aromatic carbocycles. The number of carbonyl (C=O) groups is 1. The van der Waals surface area contributed by atoms with Gasteiger partial charge in [-0.2, -0.15) is 0 Å². The summed E-state index contributed by atoms with van der Waals surface area (Å²) in [5.74, 6) is 2.73. The molecule has 0 spiro atoms. The first-order valence-electron chi connectivity index (χ1n) is 18.2. The van der Waals surface area contributed by atoms with Crippen LogP contribution in [0, 0.1) is 23.7 Å². The molecule has 7 nitrogen and oxygen atoms in total. The van der Waals surface area contributed by atoms with E-state index in [1.54, 1.807) is 0 Å². The summed E-state index contributed by atoms with van der Waals surface area (Å²) in [5.41, 5.74) is 0. The molecule has 8 fully saturated rings. The Morgan fingerprint density at radius 2 is 1.00 bits per heavy atom. The topological polar surface area (TPSA) is 60.5 Å². The fourth-order valence-corrected chi connectivity index (χ4v) is 22.9. The van der Waals surface area contributed by atoms with Gasteiger partial charge in [-0.1, -0.05) is 0 Å². The number of Topliss-reactive ketones (excluding diaryl/α,β-unsaturated/α-hetero) is 1. The molecule has 4 saturated heterocycles. The van der Waals surface area contributed by atoms with Crippen molar-refractivity contribution in [1.82, 2.24) is 7.21 Å². The van der Waals surface area contributed by atoms with Gasteiger partial charge < -0.3 is 0 Å². The van der Waals surface area contributed by atoms with Crippen LogP contribution in [0.1, 0.15) is 129 Å². The van der Waals surface area contributed by atoms with E-state index in [9.17, 15) is 4.79 Å². The number of piperidine rings is 2. The molecule has 4 aliphatic heterocycles. The van der Waals surface area contributed by atoms with E-state index in [2.05, 4.69) is 21.1 Å². The van der Waals surface area contributed by atoms with Gasteiger partial charge in [0.2, 0.25) is 0 Å². The molecule has 0 amide bonds. The van der Waals surface area contributed by atoms with E-state index in [1.807, 2.05) is 0 Å². The molecule has 8 atom stereocenters. The second kappa shape index (κ2) is 12.7. The molecule has 4 saturated carbocycles. The zero-order valence-corrected chi connectivity index (χ0v) is 31.1. The Hall–Kier alpha value is 0.703. The second-order valence-electron chi connectivity index (χ2n) is 15.7. The van der Waals surface area contributed by atoms with Crippen molar-refractivity contribution in [3.63, 3.8) is 0 Å². The van der Waals surface area contributed by atoms with E-state index in [4.69, 9.17) is 14.1 Å². The number of ketones is 1. The summed E-state index contributed by atoms with van der Waals surface area (Å²) in [6.45, 7) is 4.82. The van der Waals surface area contributed by atoms with Crippen molar-refractivity contribution in [3.05, 3.63) is 0 Å². The molecule has 8 aliphatic rings. The SMILES string of the molecule is CC1CCC2CCCC3[O][Ga]([O]C4CCC(C(=O)C5CCC([O][Ga]6[O]C7CCCC8CCC(C)[N]6C87)CC5)CC4)[N]1C23. The first kappa shape index (κ1) is 30.1. The van der Waals surface area contributed by atoms with Crippen LogP contribution in [0.5, 0.6) is 0 Å². The number of nitrogens with zero attached hydrogens (tertiary/aromatic N) is 2. The van der Waals surface area contributed by atoms with Crippen LogP contribution in [0.4, 0.5) is 0 Å². The molecule has 0 radical (unpaired) electrons. The third kappa shape index (κ3) is 5.64. The summed E-state index contributed by atoms with van der Waals surface area (Å²) >= 11 is -4.78. The standard InChI is InChI=1S/C13H20O3.2C10H17NO.2Ga/c14-11-5-1-9(2-6-11)13(16)10-3-7-12(15)8-4-10;2*1-7-5-6-8-3-2-4-9(12)10(8)11-7;;/h9-12H,1-8H2;2*7-10H,2-6H2,1H3;;/q3*-2;2*+3. The van der Waals surface area contributed by atoms with E-state index in [-0.39, 0.29) is 11.8 Å². The van der Waals surface area contributed by atoms with Crippen LogP contribution in [-0.2, 0) is 18.9 Å². The Kier molecular flexibility index (Phi) is 9.10. The number of carbonyl (C=O) groups excluding carboxylic acids is 1. The Labute approximate surface area is 266 Å². The van der Waals surface area contributed by atoms with Crippen molar-refractivity contribution in [2.24, 2.45) is 23.7 Å². The molecule has 8 unspecified atom stereocenters. The van der Waals surface area contributed by atoms with E-state index in [1.165, 1.54) is 64.2 Å². The Bertz CT molecular complexity index is 900. The van der Waals surface area contributed by atoms with Crippen LogP contribution in [0.2, 0.25) is 0 Å². The van der Waals surface area contributed by atoms with Crippen LogP contribution in [0.25, 0.3) is 0 Å². The van der Waals surface area contributed by atoms with Gasteiger partial charge in [0.05, 0.1) is 0 Å². The van der Waals surface area contributed by atoms with Gasteiger partial charge in [-0.15, -0.1) is 0 Å². The zero-order valence-electron chi connectivity index (χ0n) is 26.2. The summed E-state index contributed by atoms with van der Waals surface area (Å²) in [7, 11) is 0. The van der Waals surface area contributed by atoms with Crippen molar-refractivity contribution >= 4 is 40.2 Å². The van der Waals surface area contributed by atoms with Gasteiger partial charge in [0, 0.05) is 0 Å². The fraction of sp³-hybridized carbons (Fsp3) is 0.970. The fourth-order valence-electron chi connectivity index (χ4n) is 11.0. The predicted molar refractivity (Wildman–Crippen MR) is 163 cm³/mol. The van der Waals surface area contributed by atoms with Crippen molar-refractivity contribution in [3.8, 4) is 0 Å². The number of hydrogen-bond acceptors (Lipinski definition) is 7. The molecule has 9 heteroatoms. The summed E-state index contributed by atoms with van der Waals surface area (Å²) < 4.78 is 32.8. The summed E-state index contributed by atoms with van der Waals surface area (Å²) in [5, 5.41) is 0. The van der Waals surface area contributed by atoms with E-state index in [0.29, 0.717) is 54.4 Å². The van der Waals surface area contributed by atoms with Crippen LogP contribution < -0.4 is 0 Å². The second-order valence-corrected chi connectivity index (χ2v) is 23.1. The first-order valence-corrected chi connectivity index (χ1v) is 24.4. The molecule has 0 aromatic rings. The monoisotopic (exact) mass is 696 g/mol. The average Bonchev–Trinajstić information content (AvgIpc) is 3.57. The average molecular weight is 698 g/mol. The molecule has 8 rings (SSSR count). The van der Waals surface area contributed by atoms with Gasteiger partial charge in [-0.25, -0.2) is 0 Å². The summed E-state index contributed by atoms with van der Waals surface area (Å²) in [6.07, 6.45) is 23.1. The molecule has 232 valence electrons. The van der Waals surface area contributed by atoms with Gasteiger partial charge in [0.25, 0.3) is 0 Å². The van der Waals surface area contributed by atoms with Gasteiger partial charge >= 0.3 is 268 Å². The molecule has 4 aliphatic carbocycles. The van der Waals surface area contributed by atoms with Gasteiger partial charge in [-0.3, -0.25) is 0 Å². The maximum absolute atomic E-state index is 13.6. The van der Waals surface area contributed by atoms with Gasteiger partial charge in [0.15, 0.2) is 0 Å². The minimum atomic E-state index is -2.39. The van der Waals surface area contributed by atoms with Crippen LogP contribution in [0.15, 0.2) is 0 Å². The summed E-state index contributed by atoms with van der Waals surface area (Å²) in [6, 6.07) is 2.56. The van der Waals surface area contributed by atoms with Crippen LogP contribution in [0.3, 0.4) is 0 Å². The molecule has 4 heterocycles. The van der Waals surface area contributed by atoms with E-state index >= 15 is 0 Å². The van der Waals surface area contributed by atoms with E-state index < -0.39 is 34.4 Å². The van der Waals surface area contributed by atoms with Crippen molar-refractivity contribution in [1.29, 1.82) is 0 Å². The zero-order chi connectivity index (χ0) is 28.4. The molecule has 0 bridgehead atoms. The van der Waals surface area contributed by atoms with Gasteiger partial charge in [-0.05, 0) is 0 Å². The van der Waals surface area contributed by atoms with Gasteiger partial charge in [0.1, 0.15) is 0 Å². The molecular weight excluding hydrogens is 644 g/mol. The predicted octanol–water partition coefficient (Wildman–Crippen LogP) is 5.78. The Morgan fingerprint density at radius 1 is 0.571 bits per heavy atom. The van der Waals surface area contributed by atoms with E-state index in [0.717, 1.165) is 63.2 Å². The third-order valence-electron chi connectivity index (χ3n) is 13.3. The molecule has 42 heavy (non-hydrogen) atoms.